The number of terminal acetylenes is 1. The van der Waals surface area contributed by atoms with Gasteiger partial charge in [-0.25, -0.2) is 4.98 Å². The average molecular weight is 256 g/mol. The third-order valence-corrected chi connectivity index (χ3v) is 4.24. The van der Waals surface area contributed by atoms with E-state index in [0.717, 1.165) is 20.9 Å². The fourth-order valence-electron chi connectivity index (χ4n) is 2.19. The molecule has 1 amide bonds. The van der Waals surface area contributed by atoms with E-state index in [0.29, 0.717) is 13.0 Å². The number of aromatic nitrogens is 1. The Kier molecular flexibility index (Phi) is 2.57. The van der Waals surface area contributed by atoms with Gasteiger partial charge in [-0.2, -0.15) is 0 Å². The molecule has 1 saturated heterocycles. The molecule has 18 heavy (non-hydrogen) atoms. The summed E-state index contributed by atoms with van der Waals surface area (Å²) in [7, 11) is 0. The molecule has 0 saturated carbocycles. The summed E-state index contributed by atoms with van der Waals surface area (Å²) in [6, 6.07) is 6.07. The summed E-state index contributed by atoms with van der Waals surface area (Å²) in [5, 5.41) is 0.766. The molecule has 0 N–H and O–H groups in total. The summed E-state index contributed by atoms with van der Waals surface area (Å²) in [6.45, 7) is 2.62. The first kappa shape index (κ1) is 11.2. The second-order valence-corrected chi connectivity index (χ2v) is 5.50. The molecular formula is C14H12N2OS. The molecule has 1 aromatic carbocycles. The third kappa shape index (κ3) is 1.68. The highest BCUT2D eigenvalue weighted by Gasteiger charge is 2.31. The van der Waals surface area contributed by atoms with Crippen molar-refractivity contribution in [1.29, 1.82) is 0 Å². The largest absolute Gasteiger partial charge is 0.287 e. The van der Waals surface area contributed by atoms with Crippen molar-refractivity contribution in [1.82, 2.24) is 4.98 Å². The molecule has 90 valence electrons. The number of fused-ring (bicyclic) bond motifs is 1. The van der Waals surface area contributed by atoms with Crippen LogP contribution in [0.2, 0.25) is 0 Å². The predicted octanol–water partition coefficient (Wildman–Crippen LogP) is 2.59. The number of hydrogen-bond acceptors (Lipinski definition) is 3. The van der Waals surface area contributed by atoms with E-state index in [-0.39, 0.29) is 11.8 Å². The Labute approximate surface area is 109 Å². The zero-order valence-corrected chi connectivity index (χ0v) is 10.8. The molecule has 1 atom stereocenters. The SMILES string of the molecule is C#CC1CC(=O)N(c2nc3c(C)cccc3s2)C1. The van der Waals surface area contributed by atoms with E-state index in [1.807, 2.05) is 25.1 Å². The van der Waals surface area contributed by atoms with E-state index in [1.165, 1.54) is 0 Å². The summed E-state index contributed by atoms with van der Waals surface area (Å²) >= 11 is 1.55. The number of amides is 1. The van der Waals surface area contributed by atoms with Gasteiger partial charge in [-0.05, 0) is 18.6 Å². The van der Waals surface area contributed by atoms with Crippen LogP contribution < -0.4 is 4.90 Å². The van der Waals surface area contributed by atoms with Crippen LogP contribution in [0.4, 0.5) is 5.13 Å². The number of hydrogen-bond donors (Lipinski definition) is 0. The monoisotopic (exact) mass is 256 g/mol. The molecule has 0 radical (unpaired) electrons. The smallest absolute Gasteiger partial charge is 0.230 e. The Morgan fingerprint density at radius 2 is 2.39 bits per heavy atom. The maximum absolute atomic E-state index is 11.9. The summed E-state index contributed by atoms with van der Waals surface area (Å²) < 4.78 is 1.11. The Balaban J connectivity index is 2.03. The third-order valence-electron chi connectivity index (χ3n) is 3.20. The number of anilines is 1. The molecule has 1 aliphatic rings. The van der Waals surface area contributed by atoms with Gasteiger partial charge in [0.05, 0.1) is 10.2 Å². The van der Waals surface area contributed by atoms with Gasteiger partial charge in [-0.1, -0.05) is 23.5 Å². The number of aryl methyl sites for hydroxylation is 1. The van der Waals surface area contributed by atoms with Gasteiger partial charge in [0.15, 0.2) is 5.13 Å². The van der Waals surface area contributed by atoms with Crippen LogP contribution in [0.1, 0.15) is 12.0 Å². The highest BCUT2D eigenvalue weighted by molar-refractivity contribution is 7.22. The molecule has 3 rings (SSSR count). The Morgan fingerprint density at radius 3 is 3.06 bits per heavy atom. The lowest BCUT2D eigenvalue weighted by Gasteiger charge is -2.10. The molecule has 1 fully saturated rings. The first-order valence-corrected chi connectivity index (χ1v) is 6.63. The number of nitrogens with zero attached hydrogens (tertiary/aromatic N) is 2. The zero-order chi connectivity index (χ0) is 12.7. The van der Waals surface area contributed by atoms with Crippen LogP contribution in [0.15, 0.2) is 18.2 Å². The van der Waals surface area contributed by atoms with Crippen LogP contribution in [0.25, 0.3) is 10.2 Å². The van der Waals surface area contributed by atoms with Crippen LogP contribution in [0.3, 0.4) is 0 Å². The van der Waals surface area contributed by atoms with Crippen molar-refractivity contribution in [2.45, 2.75) is 13.3 Å². The van der Waals surface area contributed by atoms with Gasteiger partial charge in [0.1, 0.15) is 0 Å². The molecule has 2 heterocycles. The van der Waals surface area contributed by atoms with E-state index in [1.54, 1.807) is 16.2 Å². The van der Waals surface area contributed by atoms with Gasteiger partial charge >= 0.3 is 0 Å². The number of carbonyl (C=O) groups is 1. The first-order chi connectivity index (χ1) is 8.69. The van der Waals surface area contributed by atoms with E-state index < -0.39 is 0 Å². The molecule has 0 bridgehead atoms. The van der Waals surface area contributed by atoms with Gasteiger partial charge in [-0.3, -0.25) is 9.69 Å². The molecule has 3 nitrogen and oxygen atoms in total. The second-order valence-electron chi connectivity index (χ2n) is 4.49. The van der Waals surface area contributed by atoms with E-state index in [4.69, 9.17) is 6.42 Å². The normalized spacial score (nSPS) is 19.4. The standard InChI is InChI=1S/C14H12N2OS/c1-3-10-7-12(17)16(8-10)14-15-13-9(2)5-4-6-11(13)18-14/h1,4-6,10H,7-8H2,2H3. The van der Waals surface area contributed by atoms with Crippen molar-refractivity contribution in [3.05, 3.63) is 23.8 Å². The maximum atomic E-state index is 11.9. The van der Waals surface area contributed by atoms with Crippen LogP contribution in [-0.2, 0) is 4.79 Å². The quantitative estimate of drug-likeness (QED) is 0.735. The van der Waals surface area contributed by atoms with Crippen molar-refractivity contribution in [2.75, 3.05) is 11.4 Å². The Hall–Kier alpha value is -1.86. The van der Waals surface area contributed by atoms with Gasteiger partial charge in [0, 0.05) is 18.9 Å². The molecule has 2 aromatic rings. The highest BCUT2D eigenvalue weighted by Crippen LogP contribution is 2.33. The minimum atomic E-state index is 0.0191. The zero-order valence-electron chi connectivity index (χ0n) is 10.0. The maximum Gasteiger partial charge on any atom is 0.230 e. The highest BCUT2D eigenvalue weighted by atomic mass is 32.1. The summed E-state index contributed by atoms with van der Waals surface area (Å²) in [6.07, 6.45) is 5.83. The van der Waals surface area contributed by atoms with Crippen molar-refractivity contribution >= 4 is 32.6 Å². The number of benzene rings is 1. The molecule has 0 aliphatic carbocycles. The lowest BCUT2D eigenvalue weighted by Crippen LogP contribution is -2.24. The molecule has 4 heteroatoms. The van der Waals surface area contributed by atoms with Crippen molar-refractivity contribution in [2.24, 2.45) is 5.92 Å². The summed E-state index contributed by atoms with van der Waals surface area (Å²) in [5.74, 6) is 2.75. The summed E-state index contributed by atoms with van der Waals surface area (Å²) in [5.41, 5.74) is 2.12. The minimum absolute atomic E-state index is 0.0191. The van der Waals surface area contributed by atoms with Gasteiger partial charge in [0.2, 0.25) is 5.91 Å². The van der Waals surface area contributed by atoms with E-state index in [2.05, 4.69) is 10.9 Å². The number of para-hydroxylation sites is 1. The molecule has 1 aromatic heterocycles. The van der Waals surface area contributed by atoms with E-state index in [9.17, 15) is 4.79 Å². The fraction of sp³-hybridized carbons (Fsp3) is 0.286. The molecular weight excluding hydrogens is 244 g/mol. The lowest BCUT2D eigenvalue weighted by atomic mass is 10.1. The Bertz CT molecular complexity index is 668. The fourth-order valence-corrected chi connectivity index (χ4v) is 3.26. The van der Waals surface area contributed by atoms with Crippen LogP contribution in [-0.4, -0.2) is 17.4 Å². The van der Waals surface area contributed by atoms with Gasteiger partial charge in [0.25, 0.3) is 0 Å². The second kappa shape index (κ2) is 4.11. The van der Waals surface area contributed by atoms with Crippen LogP contribution >= 0.6 is 11.3 Å². The molecule has 0 spiro atoms. The van der Waals surface area contributed by atoms with E-state index >= 15 is 0 Å². The van der Waals surface area contributed by atoms with Crippen molar-refractivity contribution in [3.8, 4) is 12.3 Å². The Morgan fingerprint density at radius 1 is 1.56 bits per heavy atom. The topological polar surface area (TPSA) is 33.2 Å². The minimum Gasteiger partial charge on any atom is -0.287 e. The van der Waals surface area contributed by atoms with Crippen LogP contribution in [0.5, 0.6) is 0 Å². The van der Waals surface area contributed by atoms with Gasteiger partial charge < -0.3 is 0 Å². The molecule has 1 aliphatic heterocycles. The first-order valence-electron chi connectivity index (χ1n) is 5.81. The average Bonchev–Trinajstić information content (AvgIpc) is 2.93. The molecule has 1 unspecified atom stereocenters. The number of rotatable bonds is 1. The van der Waals surface area contributed by atoms with Crippen molar-refractivity contribution < 1.29 is 4.79 Å². The van der Waals surface area contributed by atoms with Gasteiger partial charge in [-0.15, -0.1) is 12.3 Å². The number of thiazole rings is 1. The predicted molar refractivity (Wildman–Crippen MR) is 73.7 cm³/mol. The summed E-state index contributed by atoms with van der Waals surface area (Å²) in [4.78, 5) is 18.2. The van der Waals surface area contributed by atoms with Crippen molar-refractivity contribution in [3.63, 3.8) is 0 Å². The number of carbonyl (C=O) groups excluding carboxylic acids is 1. The van der Waals surface area contributed by atoms with Crippen LogP contribution in [0, 0.1) is 25.2 Å². The lowest BCUT2D eigenvalue weighted by molar-refractivity contribution is -0.117.